The second-order valence-electron chi connectivity index (χ2n) is 6.25. The summed E-state index contributed by atoms with van der Waals surface area (Å²) in [4.78, 5) is 12.5. The number of nitriles is 1. The van der Waals surface area contributed by atoms with Gasteiger partial charge in [0.2, 0.25) is 0 Å². The highest BCUT2D eigenvalue weighted by atomic mass is 19.1. The van der Waals surface area contributed by atoms with Crippen molar-refractivity contribution in [3.8, 4) is 6.07 Å². The van der Waals surface area contributed by atoms with Crippen LogP contribution >= 0.6 is 0 Å². The Morgan fingerprint density at radius 3 is 2.85 bits per heavy atom. The highest BCUT2D eigenvalue weighted by Crippen LogP contribution is 2.19. The number of carbonyl (C=O) groups excluding carboxylic acids is 1. The lowest BCUT2D eigenvalue weighted by Crippen LogP contribution is -2.44. The Morgan fingerprint density at radius 2 is 2.15 bits per heavy atom. The number of benzene rings is 2. The molecule has 26 heavy (non-hydrogen) atoms. The van der Waals surface area contributed by atoms with Crippen molar-refractivity contribution in [3.05, 3.63) is 53.3 Å². The van der Waals surface area contributed by atoms with E-state index in [4.69, 9.17) is 5.26 Å². The van der Waals surface area contributed by atoms with Gasteiger partial charge in [0.25, 0.3) is 5.91 Å². The Bertz CT molecular complexity index is 1040. The third-order valence-corrected chi connectivity index (χ3v) is 4.03. The number of anilines is 1. The maximum atomic E-state index is 13.4. The zero-order valence-electron chi connectivity index (χ0n) is 14.2. The molecule has 7 nitrogen and oxygen atoms in total. The average molecular weight is 353 g/mol. The van der Waals surface area contributed by atoms with Gasteiger partial charge in [-0.15, -0.1) is 5.10 Å². The molecule has 0 aliphatic carbocycles. The smallest absolute Gasteiger partial charge is 0.257 e. The van der Waals surface area contributed by atoms with Gasteiger partial charge >= 0.3 is 0 Å². The molecule has 3 rings (SSSR count). The van der Waals surface area contributed by atoms with Crippen molar-refractivity contribution in [1.82, 2.24) is 15.0 Å². The fourth-order valence-electron chi connectivity index (χ4n) is 2.55. The molecule has 1 heterocycles. The maximum absolute atomic E-state index is 13.4. The van der Waals surface area contributed by atoms with Crippen molar-refractivity contribution in [1.29, 1.82) is 5.26 Å². The Hall–Kier alpha value is -3.31. The summed E-state index contributed by atoms with van der Waals surface area (Å²) >= 11 is 0. The highest BCUT2D eigenvalue weighted by Gasteiger charge is 2.32. The number of carbonyl (C=O) groups is 1. The van der Waals surface area contributed by atoms with Crippen LogP contribution in [0.15, 0.2) is 36.4 Å². The average Bonchev–Trinajstić information content (AvgIpc) is 2.96. The van der Waals surface area contributed by atoms with Gasteiger partial charge in [0.1, 0.15) is 11.3 Å². The van der Waals surface area contributed by atoms with Gasteiger partial charge in [-0.25, -0.2) is 9.07 Å². The fourth-order valence-corrected chi connectivity index (χ4v) is 2.55. The molecule has 0 saturated heterocycles. The Balaban J connectivity index is 1.80. The van der Waals surface area contributed by atoms with Crippen molar-refractivity contribution in [3.63, 3.8) is 0 Å². The number of fused-ring (bicyclic) bond motifs is 1. The zero-order chi connectivity index (χ0) is 18.9. The minimum absolute atomic E-state index is 0.200. The molecule has 1 aromatic heterocycles. The van der Waals surface area contributed by atoms with Gasteiger partial charge in [0.05, 0.1) is 23.7 Å². The number of nitrogens with zero attached hydrogens (tertiary/aromatic N) is 4. The second-order valence-corrected chi connectivity index (χ2v) is 6.25. The third-order valence-electron chi connectivity index (χ3n) is 4.03. The van der Waals surface area contributed by atoms with E-state index < -0.39 is 17.3 Å². The normalized spacial score (nSPS) is 13.2. The van der Waals surface area contributed by atoms with Gasteiger partial charge in [-0.3, -0.25) is 4.79 Å². The summed E-state index contributed by atoms with van der Waals surface area (Å²) in [7, 11) is 0. The molecule has 1 atom stereocenters. The summed E-state index contributed by atoms with van der Waals surface area (Å²) in [6.07, 6.45) is 0. The lowest BCUT2D eigenvalue weighted by molar-refractivity contribution is -0.133. The fraction of sp³-hybridized carbons (Fsp3) is 0.222. The summed E-state index contributed by atoms with van der Waals surface area (Å²) in [5.41, 5.74) is 0.710. The Morgan fingerprint density at radius 1 is 1.38 bits per heavy atom. The Labute approximate surface area is 148 Å². The number of aliphatic hydroxyl groups is 1. The van der Waals surface area contributed by atoms with Crippen LogP contribution in [0.2, 0.25) is 0 Å². The van der Waals surface area contributed by atoms with E-state index in [1.54, 1.807) is 25.1 Å². The number of aryl methyl sites for hydroxylation is 1. The topological polar surface area (TPSA) is 104 Å². The number of hydrogen-bond donors (Lipinski definition) is 2. The predicted octanol–water partition coefficient (Wildman–Crippen LogP) is 2.14. The molecule has 0 bridgehead atoms. The first-order valence-corrected chi connectivity index (χ1v) is 7.83. The Kier molecular flexibility index (Phi) is 4.40. The number of hydrogen-bond acceptors (Lipinski definition) is 5. The molecular weight excluding hydrogens is 337 g/mol. The monoisotopic (exact) mass is 353 g/mol. The van der Waals surface area contributed by atoms with Crippen LogP contribution < -0.4 is 5.32 Å². The van der Waals surface area contributed by atoms with Gasteiger partial charge in [-0.05, 0) is 49.7 Å². The standard InChI is InChI=1S/C18H16FN5O2/c1-11-7-14(5-3-12(11)9-20)21-17(25)18(2,26)10-24-16-8-13(19)4-6-15(16)22-23-24/h3-8,26H,10H2,1-2H3,(H,21,25)/t18-/m0/s1. The first kappa shape index (κ1) is 17.5. The van der Waals surface area contributed by atoms with Crippen molar-refractivity contribution >= 4 is 22.6 Å². The van der Waals surface area contributed by atoms with Gasteiger partial charge in [-0.1, -0.05) is 5.21 Å². The van der Waals surface area contributed by atoms with Crippen molar-refractivity contribution in [2.45, 2.75) is 26.0 Å². The summed E-state index contributed by atoms with van der Waals surface area (Å²) in [6.45, 7) is 2.89. The lowest BCUT2D eigenvalue weighted by atomic mass is 10.0. The van der Waals surface area contributed by atoms with Crippen LogP contribution in [0.25, 0.3) is 11.0 Å². The van der Waals surface area contributed by atoms with Crippen LogP contribution in [0, 0.1) is 24.1 Å². The highest BCUT2D eigenvalue weighted by molar-refractivity contribution is 5.97. The third kappa shape index (κ3) is 3.38. The van der Waals surface area contributed by atoms with Crippen LogP contribution in [-0.2, 0) is 11.3 Å². The molecular formula is C18H16FN5O2. The second kappa shape index (κ2) is 6.54. The van der Waals surface area contributed by atoms with Crippen molar-refractivity contribution in [2.24, 2.45) is 0 Å². The van der Waals surface area contributed by atoms with Crippen molar-refractivity contribution in [2.75, 3.05) is 5.32 Å². The van der Waals surface area contributed by atoms with E-state index in [0.29, 0.717) is 27.8 Å². The molecule has 0 aliphatic rings. The van der Waals surface area contributed by atoms with Crippen LogP contribution in [0.3, 0.4) is 0 Å². The van der Waals surface area contributed by atoms with Crippen molar-refractivity contribution < 1.29 is 14.3 Å². The first-order chi connectivity index (χ1) is 12.3. The quantitative estimate of drug-likeness (QED) is 0.748. The van der Waals surface area contributed by atoms with E-state index in [-0.39, 0.29) is 6.54 Å². The van der Waals surface area contributed by atoms with Crippen LogP contribution in [0.1, 0.15) is 18.1 Å². The van der Waals surface area contributed by atoms with E-state index in [1.165, 1.54) is 29.8 Å². The SMILES string of the molecule is Cc1cc(NC(=O)[C@@](C)(O)Cn2nnc3ccc(F)cc32)ccc1C#N. The summed E-state index contributed by atoms with van der Waals surface area (Å²) < 4.78 is 14.7. The molecule has 0 spiro atoms. The van der Waals surface area contributed by atoms with E-state index in [1.807, 2.05) is 6.07 Å². The number of rotatable bonds is 4. The van der Waals surface area contributed by atoms with Crippen LogP contribution in [0.5, 0.6) is 0 Å². The van der Waals surface area contributed by atoms with E-state index in [9.17, 15) is 14.3 Å². The van der Waals surface area contributed by atoms with E-state index in [0.717, 1.165) is 0 Å². The van der Waals surface area contributed by atoms with Crippen LogP contribution in [-0.4, -0.2) is 31.6 Å². The molecule has 1 amide bonds. The van der Waals surface area contributed by atoms with Gasteiger partial charge in [-0.2, -0.15) is 5.26 Å². The minimum Gasteiger partial charge on any atom is -0.378 e. The molecule has 2 aromatic carbocycles. The molecule has 8 heteroatoms. The number of amides is 1. The first-order valence-electron chi connectivity index (χ1n) is 7.83. The predicted molar refractivity (Wildman–Crippen MR) is 92.6 cm³/mol. The number of nitrogens with one attached hydrogen (secondary N) is 1. The largest absolute Gasteiger partial charge is 0.378 e. The summed E-state index contributed by atoms with van der Waals surface area (Å²) in [5, 5.41) is 29.9. The molecule has 2 N–H and O–H groups in total. The summed E-state index contributed by atoms with van der Waals surface area (Å²) in [5.74, 6) is -1.11. The van der Waals surface area contributed by atoms with Gasteiger partial charge in [0, 0.05) is 11.8 Å². The number of aromatic nitrogens is 3. The molecule has 0 unspecified atom stereocenters. The van der Waals surface area contributed by atoms with Gasteiger partial charge in [0.15, 0.2) is 5.60 Å². The van der Waals surface area contributed by atoms with E-state index in [2.05, 4.69) is 15.6 Å². The molecule has 3 aromatic rings. The lowest BCUT2D eigenvalue weighted by Gasteiger charge is -2.22. The summed E-state index contributed by atoms with van der Waals surface area (Å²) in [6, 6.07) is 10.8. The van der Waals surface area contributed by atoms with E-state index >= 15 is 0 Å². The molecule has 0 fully saturated rings. The van der Waals surface area contributed by atoms with Gasteiger partial charge < -0.3 is 10.4 Å². The molecule has 0 aliphatic heterocycles. The zero-order valence-corrected chi connectivity index (χ0v) is 14.2. The molecule has 0 saturated carbocycles. The number of halogens is 1. The minimum atomic E-state index is -1.81. The molecule has 0 radical (unpaired) electrons. The molecule has 132 valence electrons. The van der Waals surface area contributed by atoms with Crippen LogP contribution in [0.4, 0.5) is 10.1 Å². The maximum Gasteiger partial charge on any atom is 0.257 e.